The van der Waals surface area contributed by atoms with Gasteiger partial charge in [-0.1, -0.05) is 284 Å². The molecule has 0 radical (unpaired) electrons. The van der Waals surface area contributed by atoms with Crippen molar-refractivity contribution >= 4 is 17.9 Å². The van der Waals surface area contributed by atoms with Crippen LogP contribution in [0.1, 0.15) is 303 Å². The summed E-state index contributed by atoms with van der Waals surface area (Å²) in [6.07, 6.45) is 92.2. The van der Waals surface area contributed by atoms with E-state index in [9.17, 15) is 14.4 Å². The molecule has 0 heterocycles. The van der Waals surface area contributed by atoms with Gasteiger partial charge in [0.2, 0.25) is 0 Å². The fourth-order valence-electron chi connectivity index (χ4n) is 9.03. The molecule has 0 amide bonds. The second-order valence-electron chi connectivity index (χ2n) is 21.6. The van der Waals surface area contributed by atoms with Crippen molar-refractivity contribution in [2.24, 2.45) is 0 Å². The number of unbranched alkanes of at least 4 members (excludes halogenated alkanes) is 28. The van der Waals surface area contributed by atoms with E-state index in [4.69, 9.17) is 14.2 Å². The first kappa shape index (κ1) is 74.8. The second kappa shape index (κ2) is 66.3. The molecule has 0 bridgehead atoms. The third kappa shape index (κ3) is 64.5. The van der Waals surface area contributed by atoms with Crippen molar-refractivity contribution in [2.45, 2.75) is 309 Å². The summed E-state index contributed by atoms with van der Waals surface area (Å²) in [7, 11) is 0. The number of allylic oxidation sites excluding steroid dienone is 20. The van der Waals surface area contributed by atoms with E-state index >= 15 is 0 Å². The smallest absolute Gasteiger partial charge is 0.306 e. The Balaban J connectivity index is 4.26. The summed E-state index contributed by atoms with van der Waals surface area (Å²) in [6.45, 7) is 6.37. The van der Waals surface area contributed by atoms with Gasteiger partial charge in [-0.05, 0) is 122 Å². The van der Waals surface area contributed by atoms with Gasteiger partial charge in [-0.15, -0.1) is 0 Å². The highest BCUT2D eigenvalue weighted by Gasteiger charge is 2.19. The summed E-state index contributed by atoms with van der Waals surface area (Å²) in [4.78, 5) is 38.3. The molecule has 0 aromatic carbocycles. The summed E-state index contributed by atoms with van der Waals surface area (Å²) in [5, 5.41) is 0. The zero-order valence-electron chi connectivity index (χ0n) is 51.6. The monoisotopic (exact) mass is 1090 g/mol. The topological polar surface area (TPSA) is 78.9 Å². The van der Waals surface area contributed by atoms with Crippen molar-refractivity contribution < 1.29 is 28.6 Å². The van der Waals surface area contributed by atoms with Crippen molar-refractivity contribution in [3.63, 3.8) is 0 Å². The van der Waals surface area contributed by atoms with Crippen LogP contribution in [0.4, 0.5) is 0 Å². The van der Waals surface area contributed by atoms with Crippen LogP contribution in [-0.4, -0.2) is 37.2 Å². The zero-order valence-corrected chi connectivity index (χ0v) is 51.6. The Bertz CT molecular complexity index is 1640. The number of hydrogen-bond donors (Lipinski definition) is 0. The Morgan fingerprint density at radius 2 is 0.494 bits per heavy atom. The van der Waals surface area contributed by atoms with Gasteiger partial charge in [0, 0.05) is 19.3 Å². The van der Waals surface area contributed by atoms with E-state index in [1.54, 1.807) is 0 Å². The summed E-state index contributed by atoms with van der Waals surface area (Å²) in [6, 6.07) is 0. The molecule has 450 valence electrons. The maximum absolute atomic E-state index is 12.9. The first-order chi connectivity index (χ1) is 39.0. The minimum Gasteiger partial charge on any atom is -0.462 e. The van der Waals surface area contributed by atoms with Crippen LogP contribution in [0, 0.1) is 0 Å². The molecule has 0 spiro atoms. The van der Waals surface area contributed by atoms with E-state index in [-0.39, 0.29) is 31.1 Å². The molecule has 0 saturated heterocycles. The maximum atomic E-state index is 12.9. The molecule has 0 rings (SSSR count). The fourth-order valence-corrected chi connectivity index (χ4v) is 9.03. The van der Waals surface area contributed by atoms with Gasteiger partial charge in [0.15, 0.2) is 6.10 Å². The summed E-state index contributed by atoms with van der Waals surface area (Å²) < 4.78 is 16.9. The highest BCUT2D eigenvalue weighted by molar-refractivity contribution is 5.71. The lowest BCUT2D eigenvalue weighted by Gasteiger charge is -2.18. The molecule has 1 atom stereocenters. The van der Waals surface area contributed by atoms with E-state index in [1.165, 1.54) is 116 Å². The fraction of sp³-hybridized carbons (Fsp3) is 0.685. The van der Waals surface area contributed by atoms with E-state index in [2.05, 4.69) is 142 Å². The molecule has 6 nitrogen and oxygen atoms in total. The normalized spacial score (nSPS) is 12.9. The molecule has 0 saturated carbocycles. The van der Waals surface area contributed by atoms with E-state index < -0.39 is 6.10 Å². The lowest BCUT2D eigenvalue weighted by molar-refractivity contribution is -0.167. The molecule has 0 aliphatic rings. The number of carbonyl (C=O) groups excluding carboxylic acids is 3. The molecular weight excluding hydrogens is 973 g/mol. The summed E-state index contributed by atoms with van der Waals surface area (Å²) in [5.74, 6) is -0.912. The third-order valence-corrected chi connectivity index (χ3v) is 13.9. The standard InChI is InChI=1S/C73H122O6/c1-4-7-10-13-16-19-22-24-26-28-30-32-33-34-35-36-37-38-39-41-42-44-46-48-51-54-57-60-63-66-72(75)78-69-70(68-77-71(74)65-62-59-56-53-50-21-18-15-12-9-6-3)79-73(76)67-64-61-58-55-52-49-47-45-43-40-31-29-27-25-23-20-17-14-11-8-5-2/h7-8,10-11,15-20,24-27,30-32,40,45,47,70H,4-6,9,12-14,21-23,28-29,33-39,41-44,46,48-69H2,1-3H3/b10-7-,11-8-,18-15-,19-16-,20-17-,26-24-,27-25-,32-30-,40-31-,47-45-. The van der Waals surface area contributed by atoms with Crippen molar-refractivity contribution in [1.29, 1.82) is 0 Å². The predicted octanol–water partition coefficient (Wildman–Crippen LogP) is 22.8. The molecule has 0 aromatic rings. The number of esters is 3. The highest BCUT2D eigenvalue weighted by Crippen LogP contribution is 2.16. The summed E-state index contributed by atoms with van der Waals surface area (Å²) >= 11 is 0. The average molecular weight is 1100 g/mol. The number of ether oxygens (including phenoxy) is 3. The van der Waals surface area contributed by atoms with Gasteiger partial charge in [0.05, 0.1) is 0 Å². The van der Waals surface area contributed by atoms with Crippen molar-refractivity contribution in [1.82, 2.24) is 0 Å². The molecular formula is C73H122O6. The second-order valence-corrected chi connectivity index (χ2v) is 21.6. The lowest BCUT2D eigenvalue weighted by Crippen LogP contribution is -2.30. The van der Waals surface area contributed by atoms with Crippen LogP contribution in [0.5, 0.6) is 0 Å². The van der Waals surface area contributed by atoms with Gasteiger partial charge in [-0.2, -0.15) is 0 Å². The van der Waals surface area contributed by atoms with Crippen LogP contribution >= 0.6 is 0 Å². The van der Waals surface area contributed by atoms with Gasteiger partial charge >= 0.3 is 17.9 Å². The van der Waals surface area contributed by atoms with Gasteiger partial charge < -0.3 is 14.2 Å². The quantitative estimate of drug-likeness (QED) is 0.0261. The minimum atomic E-state index is -0.794. The molecule has 79 heavy (non-hydrogen) atoms. The molecule has 0 aliphatic carbocycles. The van der Waals surface area contributed by atoms with Crippen LogP contribution in [0.2, 0.25) is 0 Å². The number of carbonyl (C=O) groups is 3. The maximum Gasteiger partial charge on any atom is 0.306 e. The van der Waals surface area contributed by atoms with Crippen LogP contribution in [0.3, 0.4) is 0 Å². The average Bonchev–Trinajstić information content (AvgIpc) is 3.45. The molecule has 0 aromatic heterocycles. The molecule has 0 N–H and O–H groups in total. The Morgan fingerprint density at radius 1 is 0.266 bits per heavy atom. The first-order valence-electron chi connectivity index (χ1n) is 33.0. The zero-order chi connectivity index (χ0) is 57.1. The molecule has 0 fully saturated rings. The molecule has 6 heteroatoms. The van der Waals surface area contributed by atoms with Gasteiger partial charge in [0.1, 0.15) is 13.2 Å². The highest BCUT2D eigenvalue weighted by atomic mass is 16.6. The SMILES string of the molecule is CC/C=C\C/C=C\C/C=C\C/C=C\C/C=C\CCCCCCCC(=O)OC(COC(=O)CCCCCCC/C=C\CCCC)COC(=O)CCCCCCCCCCCCCCCCCC/C=C\C/C=C\C/C=C\C/C=C\CC. The molecule has 1 unspecified atom stereocenters. The Labute approximate surface area is 488 Å². The van der Waals surface area contributed by atoms with Gasteiger partial charge in [-0.3, -0.25) is 14.4 Å². The largest absolute Gasteiger partial charge is 0.462 e. The number of hydrogen-bond acceptors (Lipinski definition) is 6. The predicted molar refractivity (Wildman–Crippen MR) is 343 cm³/mol. The van der Waals surface area contributed by atoms with E-state index in [0.717, 1.165) is 148 Å². The number of rotatable bonds is 59. The Morgan fingerprint density at radius 3 is 0.785 bits per heavy atom. The van der Waals surface area contributed by atoms with Crippen LogP contribution < -0.4 is 0 Å². The van der Waals surface area contributed by atoms with E-state index in [0.29, 0.717) is 19.3 Å². The summed E-state index contributed by atoms with van der Waals surface area (Å²) in [5.41, 5.74) is 0. The first-order valence-corrected chi connectivity index (χ1v) is 33.0. The lowest BCUT2D eigenvalue weighted by atomic mass is 10.0. The van der Waals surface area contributed by atoms with Gasteiger partial charge in [0.25, 0.3) is 0 Å². The van der Waals surface area contributed by atoms with Gasteiger partial charge in [-0.25, -0.2) is 0 Å². The van der Waals surface area contributed by atoms with Crippen molar-refractivity contribution in [3.8, 4) is 0 Å². The third-order valence-electron chi connectivity index (χ3n) is 13.9. The Hall–Kier alpha value is -4.19. The van der Waals surface area contributed by atoms with Crippen molar-refractivity contribution in [2.75, 3.05) is 13.2 Å². The Kier molecular flexibility index (Phi) is 62.8. The van der Waals surface area contributed by atoms with Crippen LogP contribution in [0.25, 0.3) is 0 Å². The van der Waals surface area contributed by atoms with Crippen molar-refractivity contribution in [3.05, 3.63) is 122 Å². The van der Waals surface area contributed by atoms with E-state index in [1.807, 2.05) is 0 Å². The van der Waals surface area contributed by atoms with Crippen LogP contribution in [-0.2, 0) is 28.6 Å². The van der Waals surface area contributed by atoms with Crippen LogP contribution in [0.15, 0.2) is 122 Å². The minimum absolute atomic E-state index is 0.0890. The molecule has 0 aliphatic heterocycles.